The molecule has 1 aromatic carbocycles. The number of carbonyl (C=O) groups excluding carboxylic acids is 1. The molecule has 0 aliphatic carbocycles. The molecule has 1 aromatic rings. The number of hydrogen-bond acceptors (Lipinski definition) is 3. The minimum Gasteiger partial charge on any atom is -0.385 e. The quantitative estimate of drug-likeness (QED) is 0.754. The molecule has 0 aliphatic rings. The van der Waals surface area contributed by atoms with Crippen LogP contribution in [0.3, 0.4) is 0 Å². The monoisotopic (exact) mass is 264 g/mol. The van der Waals surface area contributed by atoms with E-state index >= 15 is 0 Å². The van der Waals surface area contributed by atoms with Crippen molar-refractivity contribution in [2.24, 2.45) is 11.1 Å². The molecule has 0 radical (unpaired) electrons. The first-order valence-corrected chi connectivity index (χ1v) is 6.53. The SMILES string of the molecule is COCCC(C)(C)CNCc1ccc(C(N)=O)cc1. The van der Waals surface area contributed by atoms with Gasteiger partial charge >= 0.3 is 0 Å². The summed E-state index contributed by atoms with van der Waals surface area (Å²) in [7, 11) is 1.73. The number of hydrogen-bond donors (Lipinski definition) is 2. The fourth-order valence-electron chi connectivity index (χ4n) is 1.80. The van der Waals surface area contributed by atoms with E-state index < -0.39 is 0 Å². The van der Waals surface area contributed by atoms with Crippen molar-refractivity contribution in [2.45, 2.75) is 26.8 Å². The molecule has 0 saturated heterocycles. The van der Waals surface area contributed by atoms with Crippen LogP contribution in [0.4, 0.5) is 0 Å². The van der Waals surface area contributed by atoms with Gasteiger partial charge in [0.05, 0.1) is 0 Å². The summed E-state index contributed by atoms with van der Waals surface area (Å²) in [6.45, 7) is 6.93. The van der Waals surface area contributed by atoms with E-state index in [4.69, 9.17) is 10.5 Å². The lowest BCUT2D eigenvalue weighted by Crippen LogP contribution is -2.30. The molecule has 106 valence electrons. The van der Waals surface area contributed by atoms with Crippen molar-refractivity contribution in [3.05, 3.63) is 35.4 Å². The Hall–Kier alpha value is -1.39. The zero-order chi connectivity index (χ0) is 14.3. The zero-order valence-corrected chi connectivity index (χ0v) is 12.0. The summed E-state index contributed by atoms with van der Waals surface area (Å²) in [5.74, 6) is -0.389. The lowest BCUT2D eigenvalue weighted by Gasteiger charge is -2.24. The maximum Gasteiger partial charge on any atom is 0.248 e. The van der Waals surface area contributed by atoms with Gasteiger partial charge in [0.2, 0.25) is 5.91 Å². The molecule has 0 fully saturated rings. The van der Waals surface area contributed by atoms with Crippen molar-refractivity contribution >= 4 is 5.91 Å². The molecule has 1 amide bonds. The van der Waals surface area contributed by atoms with Crippen LogP contribution in [0.2, 0.25) is 0 Å². The van der Waals surface area contributed by atoms with Gasteiger partial charge in [-0.1, -0.05) is 26.0 Å². The van der Waals surface area contributed by atoms with Crippen LogP contribution in [-0.2, 0) is 11.3 Å². The number of nitrogens with one attached hydrogen (secondary N) is 1. The average molecular weight is 264 g/mol. The van der Waals surface area contributed by atoms with Crippen LogP contribution in [0, 0.1) is 5.41 Å². The van der Waals surface area contributed by atoms with Crippen molar-refractivity contribution in [1.29, 1.82) is 0 Å². The first-order chi connectivity index (χ1) is 8.94. The van der Waals surface area contributed by atoms with Gasteiger partial charge in [-0.2, -0.15) is 0 Å². The van der Waals surface area contributed by atoms with Gasteiger partial charge in [-0.05, 0) is 29.5 Å². The second kappa shape index (κ2) is 7.26. The minimum absolute atomic E-state index is 0.211. The Labute approximate surface area is 115 Å². The number of ether oxygens (including phenoxy) is 1. The predicted molar refractivity (Wildman–Crippen MR) is 76.9 cm³/mol. The Balaban J connectivity index is 2.38. The van der Waals surface area contributed by atoms with E-state index in [-0.39, 0.29) is 11.3 Å². The fraction of sp³-hybridized carbons (Fsp3) is 0.533. The Morgan fingerprint density at radius 2 is 1.95 bits per heavy atom. The molecular weight excluding hydrogens is 240 g/mol. The molecule has 4 heteroatoms. The van der Waals surface area contributed by atoms with E-state index in [9.17, 15) is 4.79 Å². The predicted octanol–water partition coefficient (Wildman–Crippen LogP) is 1.94. The molecule has 4 nitrogen and oxygen atoms in total. The van der Waals surface area contributed by atoms with Crippen LogP contribution >= 0.6 is 0 Å². The fourth-order valence-corrected chi connectivity index (χ4v) is 1.80. The molecule has 0 spiro atoms. The number of primary amides is 1. The van der Waals surface area contributed by atoms with Crippen molar-refractivity contribution in [3.63, 3.8) is 0 Å². The van der Waals surface area contributed by atoms with Crippen LogP contribution in [-0.4, -0.2) is 26.2 Å². The van der Waals surface area contributed by atoms with E-state index in [0.29, 0.717) is 5.56 Å². The first kappa shape index (κ1) is 15.7. The highest BCUT2D eigenvalue weighted by Crippen LogP contribution is 2.18. The highest BCUT2D eigenvalue weighted by Gasteiger charge is 2.16. The third kappa shape index (κ3) is 5.85. The molecule has 19 heavy (non-hydrogen) atoms. The van der Waals surface area contributed by atoms with Crippen LogP contribution in [0.25, 0.3) is 0 Å². The van der Waals surface area contributed by atoms with Gasteiger partial charge in [0.1, 0.15) is 0 Å². The van der Waals surface area contributed by atoms with Crippen LogP contribution < -0.4 is 11.1 Å². The Morgan fingerprint density at radius 3 is 2.47 bits per heavy atom. The van der Waals surface area contributed by atoms with Gasteiger partial charge in [-0.3, -0.25) is 4.79 Å². The van der Waals surface area contributed by atoms with Gasteiger partial charge in [0, 0.05) is 32.4 Å². The molecule has 0 unspecified atom stereocenters. The van der Waals surface area contributed by atoms with E-state index in [2.05, 4.69) is 19.2 Å². The van der Waals surface area contributed by atoms with Gasteiger partial charge < -0.3 is 15.8 Å². The van der Waals surface area contributed by atoms with Crippen molar-refractivity contribution in [3.8, 4) is 0 Å². The summed E-state index contributed by atoms with van der Waals surface area (Å²) in [5, 5.41) is 3.43. The van der Waals surface area contributed by atoms with Crippen LogP contribution in [0.5, 0.6) is 0 Å². The Bertz CT molecular complexity index is 399. The van der Waals surface area contributed by atoms with Crippen molar-refractivity contribution in [1.82, 2.24) is 5.32 Å². The summed E-state index contributed by atoms with van der Waals surface area (Å²) < 4.78 is 5.11. The molecule has 0 bridgehead atoms. The largest absolute Gasteiger partial charge is 0.385 e. The number of carbonyl (C=O) groups is 1. The number of benzene rings is 1. The lowest BCUT2D eigenvalue weighted by molar-refractivity contribution is 0.100. The lowest BCUT2D eigenvalue weighted by atomic mass is 9.89. The highest BCUT2D eigenvalue weighted by atomic mass is 16.5. The minimum atomic E-state index is -0.389. The summed E-state index contributed by atoms with van der Waals surface area (Å²) in [4.78, 5) is 11.0. The molecule has 1 rings (SSSR count). The van der Waals surface area contributed by atoms with Gasteiger partial charge in [-0.15, -0.1) is 0 Å². The summed E-state index contributed by atoms with van der Waals surface area (Å²) in [6, 6.07) is 7.37. The van der Waals surface area contributed by atoms with E-state index in [0.717, 1.165) is 31.7 Å². The second-order valence-corrected chi connectivity index (χ2v) is 5.57. The first-order valence-electron chi connectivity index (χ1n) is 6.53. The number of methoxy groups -OCH3 is 1. The Morgan fingerprint density at radius 1 is 1.32 bits per heavy atom. The van der Waals surface area contributed by atoms with Gasteiger partial charge in [-0.25, -0.2) is 0 Å². The summed E-state index contributed by atoms with van der Waals surface area (Å²) >= 11 is 0. The molecular formula is C15H24N2O2. The number of nitrogens with two attached hydrogens (primary N) is 1. The topological polar surface area (TPSA) is 64.3 Å². The second-order valence-electron chi connectivity index (χ2n) is 5.57. The molecule has 3 N–H and O–H groups in total. The third-order valence-electron chi connectivity index (χ3n) is 3.15. The van der Waals surface area contributed by atoms with E-state index in [1.165, 1.54) is 0 Å². The molecule has 0 heterocycles. The maximum atomic E-state index is 11.0. The zero-order valence-electron chi connectivity index (χ0n) is 12.0. The normalized spacial score (nSPS) is 11.5. The standard InChI is InChI=1S/C15H24N2O2/c1-15(2,8-9-19-3)11-17-10-12-4-6-13(7-5-12)14(16)18/h4-7,17H,8-11H2,1-3H3,(H2,16,18). The molecule has 0 aliphatic heterocycles. The summed E-state index contributed by atoms with van der Waals surface area (Å²) in [5.41, 5.74) is 7.10. The van der Waals surface area contributed by atoms with Crippen LogP contribution in [0.15, 0.2) is 24.3 Å². The van der Waals surface area contributed by atoms with Crippen molar-refractivity contribution < 1.29 is 9.53 Å². The molecule has 0 aromatic heterocycles. The number of amides is 1. The summed E-state index contributed by atoms with van der Waals surface area (Å²) in [6.07, 6.45) is 1.02. The Kier molecular flexibility index (Phi) is 5.99. The van der Waals surface area contributed by atoms with Gasteiger partial charge in [0.15, 0.2) is 0 Å². The third-order valence-corrected chi connectivity index (χ3v) is 3.15. The van der Waals surface area contributed by atoms with Gasteiger partial charge in [0.25, 0.3) is 0 Å². The number of rotatable bonds is 8. The molecule has 0 atom stereocenters. The van der Waals surface area contributed by atoms with Crippen LogP contribution in [0.1, 0.15) is 36.2 Å². The average Bonchev–Trinajstić information content (AvgIpc) is 2.37. The van der Waals surface area contributed by atoms with Crippen molar-refractivity contribution in [2.75, 3.05) is 20.3 Å². The van der Waals surface area contributed by atoms with E-state index in [1.807, 2.05) is 12.1 Å². The maximum absolute atomic E-state index is 11.0. The molecule has 0 saturated carbocycles. The smallest absolute Gasteiger partial charge is 0.248 e. The highest BCUT2D eigenvalue weighted by molar-refractivity contribution is 5.92. The van der Waals surface area contributed by atoms with E-state index in [1.54, 1.807) is 19.2 Å².